The van der Waals surface area contributed by atoms with Crippen LogP contribution in [0.2, 0.25) is 0 Å². The highest BCUT2D eigenvalue weighted by Crippen LogP contribution is 2.40. The average molecular weight is 233 g/mol. The van der Waals surface area contributed by atoms with Crippen LogP contribution in [0.3, 0.4) is 0 Å². The summed E-state index contributed by atoms with van der Waals surface area (Å²) in [5.74, 6) is 1.82. The molecule has 92 valence electrons. The van der Waals surface area contributed by atoms with Crippen LogP contribution in [0.5, 0.6) is 11.5 Å². The Labute approximate surface area is 102 Å². The van der Waals surface area contributed by atoms with Gasteiger partial charge in [-0.05, 0) is 38.3 Å². The summed E-state index contributed by atoms with van der Waals surface area (Å²) in [5.41, 5.74) is 1.26. The first-order valence-electron chi connectivity index (χ1n) is 6.45. The summed E-state index contributed by atoms with van der Waals surface area (Å²) in [5, 5.41) is 3.52. The maximum absolute atomic E-state index is 6.03. The summed E-state index contributed by atoms with van der Waals surface area (Å²) in [6.07, 6.45) is 5.19. The topological polar surface area (TPSA) is 30.5 Å². The van der Waals surface area contributed by atoms with Crippen LogP contribution in [0.1, 0.15) is 37.3 Å². The molecule has 0 amide bonds. The van der Waals surface area contributed by atoms with Crippen LogP contribution in [-0.2, 0) is 0 Å². The first-order chi connectivity index (χ1) is 8.38. The van der Waals surface area contributed by atoms with Crippen LogP contribution in [-0.4, -0.2) is 19.8 Å². The van der Waals surface area contributed by atoms with Crippen molar-refractivity contribution in [1.29, 1.82) is 0 Å². The Balaban J connectivity index is 1.93. The third kappa shape index (κ3) is 2.25. The van der Waals surface area contributed by atoms with Gasteiger partial charge in [0, 0.05) is 11.6 Å². The lowest BCUT2D eigenvalue weighted by molar-refractivity contribution is 0.276. The number of hydrogen-bond donors (Lipinski definition) is 1. The molecule has 2 aliphatic rings. The van der Waals surface area contributed by atoms with Crippen molar-refractivity contribution in [1.82, 2.24) is 5.32 Å². The Morgan fingerprint density at radius 3 is 2.76 bits per heavy atom. The van der Waals surface area contributed by atoms with Gasteiger partial charge in [0.05, 0.1) is 13.2 Å². The van der Waals surface area contributed by atoms with E-state index < -0.39 is 0 Å². The number of benzene rings is 1. The maximum Gasteiger partial charge on any atom is 0.166 e. The lowest BCUT2D eigenvalue weighted by Crippen LogP contribution is -2.15. The number of para-hydroxylation sites is 1. The second kappa shape index (κ2) is 4.57. The Bertz CT molecular complexity index is 395. The van der Waals surface area contributed by atoms with Gasteiger partial charge in [0.15, 0.2) is 11.5 Å². The normalized spacial score (nSPS) is 23.7. The molecule has 1 N–H and O–H groups in total. The quantitative estimate of drug-likeness (QED) is 0.867. The monoisotopic (exact) mass is 233 g/mol. The van der Waals surface area contributed by atoms with E-state index in [1.807, 2.05) is 12.1 Å². The molecule has 3 heteroatoms. The highest BCUT2D eigenvalue weighted by Gasteiger charge is 2.28. The average Bonchev–Trinajstić information content (AvgIpc) is 3.01. The van der Waals surface area contributed by atoms with Crippen LogP contribution >= 0.6 is 0 Å². The van der Waals surface area contributed by atoms with E-state index in [0.717, 1.165) is 18.0 Å². The third-order valence-corrected chi connectivity index (χ3v) is 3.47. The minimum atomic E-state index is 0.409. The van der Waals surface area contributed by atoms with Gasteiger partial charge in [0.2, 0.25) is 0 Å². The summed E-state index contributed by atoms with van der Waals surface area (Å²) >= 11 is 0. The number of ether oxygens (including phenoxy) is 2. The zero-order valence-electron chi connectivity index (χ0n) is 10.2. The molecule has 1 saturated heterocycles. The number of rotatable bonds is 4. The molecule has 2 fully saturated rings. The largest absolute Gasteiger partial charge is 0.493 e. The summed E-state index contributed by atoms with van der Waals surface area (Å²) in [7, 11) is 1.71. The summed E-state index contributed by atoms with van der Waals surface area (Å²) in [6, 6.07) is 6.62. The van der Waals surface area contributed by atoms with Gasteiger partial charge >= 0.3 is 0 Å². The van der Waals surface area contributed by atoms with Crippen LogP contribution in [0, 0.1) is 0 Å². The van der Waals surface area contributed by atoms with E-state index in [9.17, 15) is 0 Å². The fourth-order valence-corrected chi connectivity index (χ4v) is 2.40. The second-order valence-electron chi connectivity index (χ2n) is 4.84. The molecule has 0 aromatic heterocycles. The van der Waals surface area contributed by atoms with Crippen LogP contribution in [0.25, 0.3) is 0 Å². The molecule has 1 atom stereocenters. The van der Waals surface area contributed by atoms with Gasteiger partial charge in [-0.3, -0.25) is 0 Å². The van der Waals surface area contributed by atoms with Crippen molar-refractivity contribution in [2.45, 2.75) is 37.8 Å². The van der Waals surface area contributed by atoms with Gasteiger partial charge in [-0.1, -0.05) is 12.1 Å². The standard InChI is InChI=1S/C14H19NO2/c1-16-13-6-2-4-11(12-5-3-9-15-12)14(13)17-10-7-8-10/h2,4,6,10,12,15H,3,5,7-9H2,1H3. The van der Waals surface area contributed by atoms with Crippen molar-refractivity contribution in [2.24, 2.45) is 0 Å². The number of hydrogen-bond acceptors (Lipinski definition) is 3. The van der Waals surface area contributed by atoms with Gasteiger partial charge in [-0.2, -0.15) is 0 Å². The van der Waals surface area contributed by atoms with Crippen molar-refractivity contribution < 1.29 is 9.47 Å². The van der Waals surface area contributed by atoms with Gasteiger partial charge in [-0.25, -0.2) is 0 Å². The molecule has 0 radical (unpaired) electrons. The van der Waals surface area contributed by atoms with Crippen molar-refractivity contribution in [2.75, 3.05) is 13.7 Å². The lowest BCUT2D eigenvalue weighted by atomic mass is 10.0. The van der Waals surface area contributed by atoms with E-state index in [1.54, 1.807) is 7.11 Å². The third-order valence-electron chi connectivity index (χ3n) is 3.47. The van der Waals surface area contributed by atoms with E-state index in [-0.39, 0.29) is 0 Å². The minimum absolute atomic E-state index is 0.409. The van der Waals surface area contributed by atoms with Crippen LogP contribution < -0.4 is 14.8 Å². The molecule has 0 spiro atoms. The van der Waals surface area contributed by atoms with Gasteiger partial charge in [-0.15, -0.1) is 0 Å². The Hall–Kier alpha value is -1.22. The van der Waals surface area contributed by atoms with E-state index in [4.69, 9.17) is 9.47 Å². The molecule has 1 aromatic rings. The second-order valence-corrected chi connectivity index (χ2v) is 4.84. The first kappa shape index (κ1) is 10.9. The fourth-order valence-electron chi connectivity index (χ4n) is 2.40. The predicted molar refractivity (Wildman–Crippen MR) is 66.6 cm³/mol. The highest BCUT2D eigenvalue weighted by molar-refractivity contribution is 5.48. The van der Waals surface area contributed by atoms with E-state index in [2.05, 4.69) is 11.4 Å². The first-order valence-corrected chi connectivity index (χ1v) is 6.45. The Kier molecular flexibility index (Phi) is 2.93. The summed E-state index contributed by atoms with van der Waals surface area (Å²) in [4.78, 5) is 0. The molecule has 17 heavy (non-hydrogen) atoms. The number of nitrogens with one attached hydrogen (secondary N) is 1. The molecule has 1 saturated carbocycles. The zero-order valence-corrected chi connectivity index (χ0v) is 10.2. The molecule has 1 unspecified atom stereocenters. The zero-order chi connectivity index (χ0) is 11.7. The minimum Gasteiger partial charge on any atom is -0.493 e. The molecular formula is C14H19NO2. The SMILES string of the molecule is COc1cccc(C2CCCN2)c1OC1CC1. The Morgan fingerprint density at radius 1 is 1.24 bits per heavy atom. The Morgan fingerprint density at radius 2 is 2.12 bits per heavy atom. The van der Waals surface area contributed by atoms with Gasteiger partial charge in [0.1, 0.15) is 0 Å². The molecule has 1 aromatic carbocycles. The van der Waals surface area contributed by atoms with E-state index in [1.165, 1.54) is 31.2 Å². The summed E-state index contributed by atoms with van der Waals surface area (Å²) < 4.78 is 11.4. The molecule has 3 nitrogen and oxygen atoms in total. The molecule has 1 heterocycles. The highest BCUT2D eigenvalue weighted by atomic mass is 16.5. The maximum atomic E-state index is 6.03. The van der Waals surface area contributed by atoms with Crippen molar-refractivity contribution in [3.8, 4) is 11.5 Å². The molecular weight excluding hydrogens is 214 g/mol. The number of methoxy groups -OCH3 is 1. The molecule has 1 aliphatic heterocycles. The molecule has 1 aliphatic carbocycles. The smallest absolute Gasteiger partial charge is 0.166 e. The van der Waals surface area contributed by atoms with E-state index >= 15 is 0 Å². The lowest BCUT2D eigenvalue weighted by Gasteiger charge is -2.18. The molecule has 0 bridgehead atoms. The van der Waals surface area contributed by atoms with Crippen molar-refractivity contribution in [3.63, 3.8) is 0 Å². The van der Waals surface area contributed by atoms with Crippen LogP contribution in [0.4, 0.5) is 0 Å². The van der Waals surface area contributed by atoms with Crippen LogP contribution in [0.15, 0.2) is 18.2 Å². The van der Waals surface area contributed by atoms with Gasteiger partial charge in [0.25, 0.3) is 0 Å². The fraction of sp³-hybridized carbons (Fsp3) is 0.571. The van der Waals surface area contributed by atoms with Crippen molar-refractivity contribution in [3.05, 3.63) is 23.8 Å². The molecule has 3 rings (SSSR count). The predicted octanol–water partition coefficient (Wildman–Crippen LogP) is 2.66. The van der Waals surface area contributed by atoms with Gasteiger partial charge < -0.3 is 14.8 Å². The van der Waals surface area contributed by atoms with E-state index in [0.29, 0.717) is 12.1 Å². The summed E-state index contributed by atoms with van der Waals surface area (Å²) in [6.45, 7) is 1.10. The van der Waals surface area contributed by atoms with Crippen molar-refractivity contribution >= 4 is 0 Å².